The topological polar surface area (TPSA) is 103 Å². The molecule has 0 atom stereocenters. The molecule has 164 valence electrons. The molecule has 0 bridgehead atoms. The summed E-state index contributed by atoms with van der Waals surface area (Å²) in [4.78, 5) is 35.0. The Labute approximate surface area is 189 Å². The van der Waals surface area contributed by atoms with Gasteiger partial charge in [-0.15, -0.1) is 11.8 Å². The van der Waals surface area contributed by atoms with E-state index in [0.717, 1.165) is 34.7 Å². The van der Waals surface area contributed by atoms with E-state index in [1.165, 1.54) is 30.0 Å². The maximum Gasteiger partial charge on any atom is 0.324 e. The lowest BCUT2D eigenvalue weighted by molar-refractivity contribution is -0.385. The number of carbonyl (C=O) groups excluding carboxylic acids is 1. The van der Waals surface area contributed by atoms with Gasteiger partial charge in [0, 0.05) is 18.6 Å². The third-order valence-corrected chi connectivity index (χ3v) is 6.67. The van der Waals surface area contributed by atoms with Gasteiger partial charge in [-0.2, -0.15) is 0 Å². The number of hydrogen-bond acceptors (Lipinski definition) is 7. The van der Waals surface area contributed by atoms with Crippen molar-refractivity contribution >= 4 is 45.1 Å². The molecule has 7 nitrogen and oxygen atoms in total. The van der Waals surface area contributed by atoms with Gasteiger partial charge in [-0.3, -0.25) is 25.0 Å². The van der Waals surface area contributed by atoms with Gasteiger partial charge in [-0.1, -0.05) is 42.9 Å². The van der Waals surface area contributed by atoms with Gasteiger partial charge in [0.15, 0.2) is 5.78 Å². The number of allylic oxidation sites excluding steroid dienone is 3. The molecule has 0 N–H and O–H groups in total. The van der Waals surface area contributed by atoms with Crippen molar-refractivity contribution in [2.75, 3.05) is 0 Å². The summed E-state index contributed by atoms with van der Waals surface area (Å²) in [6, 6.07) is 9.51. The number of carbonyl (C=O) groups is 1. The second kappa shape index (κ2) is 12.2. The van der Waals surface area contributed by atoms with Crippen molar-refractivity contribution in [3.05, 3.63) is 83.5 Å². The van der Waals surface area contributed by atoms with Crippen LogP contribution in [-0.4, -0.2) is 15.6 Å². The van der Waals surface area contributed by atoms with Crippen LogP contribution in [-0.2, 0) is 0 Å². The van der Waals surface area contributed by atoms with Crippen LogP contribution in [0, 0.1) is 20.2 Å². The molecule has 0 aliphatic rings. The zero-order valence-electron chi connectivity index (χ0n) is 17.4. The van der Waals surface area contributed by atoms with Crippen LogP contribution in [0.5, 0.6) is 0 Å². The van der Waals surface area contributed by atoms with Gasteiger partial charge in [0.1, 0.15) is 0 Å². The molecule has 0 unspecified atom stereocenters. The monoisotopic (exact) mass is 460 g/mol. The summed E-state index contributed by atoms with van der Waals surface area (Å²) in [5.41, 5.74) is 1.47. The number of nitro groups is 2. The molecule has 0 saturated heterocycles. The molecule has 9 heteroatoms. The highest BCUT2D eigenvalue weighted by Gasteiger charge is 2.16. The molecular formula is C22H24N2O5S2. The number of hydrogen-bond donors (Lipinski definition) is 0. The summed E-state index contributed by atoms with van der Waals surface area (Å²) in [6.45, 7) is 3.93. The lowest BCUT2D eigenvalue weighted by atomic mass is 10.1. The molecule has 0 spiro atoms. The smallest absolute Gasteiger partial charge is 0.293 e. The van der Waals surface area contributed by atoms with E-state index in [1.807, 2.05) is 12.3 Å². The first-order valence-corrected chi connectivity index (χ1v) is 11.6. The van der Waals surface area contributed by atoms with Gasteiger partial charge in [-0.05, 0) is 54.2 Å². The predicted molar refractivity (Wildman–Crippen MR) is 126 cm³/mol. The summed E-state index contributed by atoms with van der Waals surface area (Å²) < 4.78 is 0. The average molecular weight is 461 g/mol. The van der Waals surface area contributed by atoms with E-state index in [1.54, 1.807) is 18.2 Å². The summed E-state index contributed by atoms with van der Waals surface area (Å²) in [5, 5.41) is 23.9. The quantitative estimate of drug-likeness (QED) is 0.186. The normalized spacial score (nSPS) is 12.1. The molecule has 0 aliphatic heterocycles. The maximum atomic E-state index is 12.3. The van der Waals surface area contributed by atoms with E-state index < -0.39 is 4.92 Å². The van der Waals surface area contributed by atoms with Crippen molar-refractivity contribution in [3.8, 4) is 0 Å². The van der Waals surface area contributed by atoms with Gasteiger partial charge < -0.3 is 0 Å². The highest BCUT2D eigenvalue weighted by Crippen LogP contribution is 2.32. The van der Waals surface area contributed by atoms with Crippen molar-refractivity contribution in [2.45, 2.75) is 46.0 Å². The van der Waals surface area contributed by atoms with Crippen LogP contribution in [0.25, 0.3) is 5.57 Å². The van der Waals surface area contributed by atoms with Crippen LogP contribution in [0.3, 0.4) is 0 Å². The van der Waals surface area contributed by atoms with E-state index >= 15 is 0 Å². The third kappa shape index (κ3) is 7.45. The standard InChI is InChI=1S/C22H24N2O5S2/c1-3-4-8-17(9-7-12-20(25)21-13-14-22(31-21)24(28)29)30-15-16(2)18-10-5-6-11-19(18)23(26)27/h5-6,8,10-11,13-15H,3-4,7,9,12H2,1-2H3/b16-15+,17-8+. The average Bonchev–Trinajstić information content (AvgIpc) is 3.25. The fraction of sp³-hybridized carbons (Fsp3) is 0.318. The SMILES string of the molecule is CCC/C=C(\CCCC(=O)c1ccc([N+](=O)[O-])s1)S/C=C(\C)c1ccccc1[N+](=O)[O-]. The van der Waals surface area contributed by atoms with E-state index in [-0.39, 0.29) is 21.4 Å². The highest BCUT2D eigenvalue weighted by molar-refractivity contribution is 8.06. The molecule has 2 rings (SSSR count). The van der Waals surface area contributed by atoms with Crippen molar-refractivity contribution in [2.24, 2.45) is 0 Å². The molecule has 0 aliphatic carbocycles. The molecular weight excluding hydrogens is 436 g/mol. The first kappa shape index (κ1) is 24.5. The fourth-order valence-electron chi connectivity index (χ4n) is 2.83. The van der Waals surface area contributed by atoms with Gasteiger partial charge in [0.2, 0.25) is 0 Å². The summed E-state index contributed by atoms with van der Waals surface area (Å²) >= 11 is 2.42. The van der Waals surface area contributed by atoms with Gasteiger partial charge in [0.25, 0.3) is 5.69 Å². The van der Waals surface area contributed by atoms with E-state index in [2.05, 4.69) is 13.0 Å². The summed E-state index contributed by atoms with van der Waals surface area (Å²) in [5.74, 6) is -0.0930. The van der Waals surface area contributed by atoms with E-state index in [0.29, 0.717) is 29.7 Å². The zero-order valence-corrected chi connectivity index (χ0v) is 19.0. The molecule has 1 aromatic carbocycles. The van der Waals surface area contributed by atoms with Gasteiger partial charge in [0.05, 0.1) is 20.3 Å². The lowest BCUT2D eigenvalue weighted by Crippen LogP contribution is -1.96. The Morgan fingerprint density at radius 1 is 1.10 bits per heavy atom. The first-order valence-electron chi connectivity index (χ1n) is 9.87. The van der Waals surface area contributed by atoms with Crippen LogP contribution in [0.1, 0.15) is 61.2 Å². The number of thioether (sulfide) groups is 1. The number of ketones is 1. The van der Waals surface area contributed by atoms with Crippen LogP contribution >= 0.6 is 23.1 Å². The van der Waals surface area contributed by atoms with Crippen molar-refractivity contribution in [3.63, 3.8) is 0 Å². The number of thiophene rings is 1. The van der Waals surface area contributed by atoms with Crippen molar-refractivity contribution in [1.82, 2.24) is 0 Å². The Kier molecular flexibility index (Phi) is 9.61. The Morgan fingerprint density at radius 3 is 2.48 bits per heavy atom. The Balaban J connectivity index is 2.00. The maximum absolute atomic E-state index is 12.3. The first-order chi connectivity index (χ1) is 14.8. The van der Waals surface area contributed by atoms with Crippen LogP contribution in [0.15, 0.2) is 52.8 Å². The number of para-hydroxylation sites is 1. The number of Topliss-reactive ketones (excluding diaryl/α,β-unsaturated/α-hetero) is 1. The molecule has 0 amide bonds. The molecule has 0 radical (unpaired) electrons. The second-order valence-electron chi connectivity index (χ2n) is 6.82. The van der Waals surface area contributed by atoms with Gasteiger partial charge >= 0.3 is 5.00 Å². The van der Waals surface area contributed by atoms with Crippen LogP contribution in [0.4, 0.5) is 10.7 Å². The largest absolute Gasteiger partial charge is 0.324 e. The fourth-order valence-corrected chi connectivity index (χ4v) is 4.55. The molecule has 0 fully saturated rings. The van der Waals surface area contributed by atoms with Crippen molar-refractivity contribution < 1.29 is 14.6 Å². The predicted octanol–water partition coefficient (Wildman–Crippen LogP) is 7.40. The number of unbranched alkanes of at least 4 members (excludes halogenated alkanes) is 1. The van der Waals surface area contributed by atoms with Crippen molar-refractivity contribution in [1.29, 1.82) is 0 Å². The van der Waals surface area contributed by atoms with E-state index in [9.17, 15) is 25.0 Å². The third-order valence-electron chi connectivity index (χ3n) is 4.45. The lowest BCUT2D eigenvalue weighted by Gasteiger charge is -2.07. The molecule has 1 aromatic heterocycles. The second-order valence-corrected chi connectivity index (χ2v) is 8.88. The van der Waals surface area contributed by atoms with Crippen LogP contribution < -0.4 is 0 Å². The minimum absolute atomic E-state index is 0.0296. The number of nitrogens with zero attached hydrogens (tertiary/aromatic N) is 2. The molecule has 1 heterocycles. The zero-order chi connectivity index (χ0) is 22.8. The Hall–Kier alpha value is -2.78. The number of benzene rings is 1. The molecule has 31 heavy (non-hydrogen) atoms. The highest BCUT2D eigenvalue weighted by atomic mass is 32.2. The minimum Gasteiger partial charge on any atom is -0.293 e. The summed E-state index contributed by atoms with van der Waals surface area (Å²) in [7, 11) is 0. The Bertz CT molecular complexity index is 1010. The molecule has 0 saturated carbocycles. The summed E-state index contributed by atoms with van der Waals surface area (Å²) in [6.07, 6.45) is 5.68. The minimum atomic E-state index is -0.491. The number of nitro benzene ring substituents is 1. The van der Waals surface area contributed by atoms with E-state index in [4.69, 9.17) is 0 Å². The number of rotatable bonds is 12. The van der Waals surface area contributed by atoms with Crippen LogP contribution in [0.2, 0.25) is 0 Å². The molecule has 2 aromatic rings. The Morgan fingerprint density at radius 2 is 1.84 bits per heavy atom. The van der Waals surface area contributed by atoms with Gasteiger partial charge in [-0.25, -0.2) is 0 Å².